The van der Waals surface area contributed by atoms with Gasteiger partial charge in [-0.1, -0.05) is 0 Å². The van der Waals surface area contributed by atoms with Crippen molar-refractivity contribution in [1.29, 1.82) is 0 Å². The highest BCUT2D eigenvalue weighted by atomic mass is 19.4. The van der Waals surface area contributed by atoms with Gasteiger partial charge in [0.05, 0.1) is 5.60 Å². The minimum absolute atomic E-state index is 0.742. The first-order valence-electron chi connectivity index (χ1n) is 6.14. The van der Waals surface area contributed by atoms with Crippen LogP contribution in [-0.2, 0) is 0 Å². The van der Waals surface area contributed by atoms with Crippen LogP contribution in [0.2, 0.25) is 0 Å². The van der Waals surface area contributed by atoms with Gasteiger partial charge in [-0.25, -0.2) is 0 Å². The molecule has 0 aromatic heterocycles. The summed E-state index contributed by atoms with van der Waals surface area (Å²) in [5.41, 5.74) is -2.17. The van der Waals surface area contributed by atoms with Gasteiger partial charge in [-0.3, -0.25) is 0 Å². The second-order valence-electron chi connectivity index (χ2n) is 5.81. The summed E-state index contributed by atoms with van der Waals surface area (Å²) in [6, 6.07) is 0. The van der Waals surface area contributed by atoms with E-state index >= 15 is 0 Å². The quantitative estimate of drug-likeness (QED) is 0.571. The zero-order valence-electron chi connectivity index (χ0n) is 12.3. The Morgan fingerprint density at radius 3 is 1.12 bits per heavy atom. The molecule has 0 fully saturated rings. The van der Waals surface area contributed by atoms with Gasteiger partial charge in [0.1, 0.15) is 0 Å². The van der Waals surface area contributed by atoms with Crippen molar-refractivity contribution in [3.63, 3.8) is 0 Å². The second-order valence-corrected chi connectivity index (χ2v) is 5.81. The lowest BCUT2D eigenvalue weighted by atomic mass is 9.90. The molecule has 0 aliphatic rings. The molecule has 0 saturated heterocycles. The van der Waals surface area contributed by atoms with E-state index in [1.165, 1.54) is 0 Å². The van der Waals surface area contributed by atoms with Crippen LogP contribution in [0.3, 0.4) is 0 Å². The summed E-state index contributed by atoms with van der Waals surface area (Å²) in [5.74, 6) is -36.8. The molecule has 152 valence electrons. The first kappa shape index (κ1) is 24.1. The normalized spacial score (nSPS) is 16.3. The highest BCUT2D eigenvalue weighted by molar-refractivity contribution is 5.10. The van der Waals surface area contributed by atoms with Crippen LogP contribution in [0.15, 0.2) is 0 Å². The van der Waals surface area contributed by atoms with Gasteiger partial charge in [0, 0.05) is 6.42 Å². The SMILES string of the molecule is CC(C)(O)CCC(F)(F)C(F)(F)C(F)(F)C(F)(F)C(F)(F)C(F)(F)F. The lowest BCUT2D eigenvalue weighted by Crippen LogP contribution is -2.70. The summed E-state index contributed by atoms with van der Waals surface area (Å²) in [6.07, 6.45) is -11.2. The first-order chi connectivity index (χ1) is 10.5. The summed E-state index contributed by atoms with van der Waals surface area (Å²) in [7, 11) is 0. The third-order valence-corrected chi connectivity index (χ3v) is 3.05. The Balaban J connectivity index is 6.03. The molecule has 0 unspecified atom stereocenters. The molecule has 0 aliphatic carbocycles. The van der Waals surface area contributed by atoms with Crippen LogP contribution >= 0.6 is 0 Å². The number of alkyl halides is 13. The van der Waals surface area contributed by atoms with Gasteiger partial charge in [0.15, 0.2) is 0 Å². The number of hydrogen-bond donors (Lipinski definition) is 1. The molecule has 14 heteroatoms. The molecule has 0 aromatic rings. The van der Waals surface area contributed by atoms with Crippen molar-refractivity contribution in [1.82, 2.24) is 0 Å². The number of halogens is 13. The third-order valence-electron chi connectivity index (χ3n) is 3.05. The molecule has 0 heterocycles. The van der Waals surface area contributed by atoms with E-state index in [1.807, 2.05) is 0 Å². The van der Waals surface area contributed by atoms with Crippen molar-refractivity contribution < 1.29 is 62.2 Å². The van der Waals surface area contributed by atoms with Crippen molar-refractivity contribution in [2.75, 3.05) is 0 Å². The Morgan fingerprint density at radius 1 is 0.520 bits per heavy atom. The smallest absolute Gasteiger partial charge is 0.390 e. The molecule has 0 aromatic carbocycles. The molecule has 0 rings (SSSR count). The maximum Gasteiger partial charge on any atom is 0.460 e. The summed E-state index contributed by atoms with van der Waals surface area (Å²) in [5, 5.41) is 9.06. The molecule has 0 atom stereocenters. The molecule has 0 saturated carbocycles. The molecule has 0 radical (unpaired) electrons. The Kier molecular flexibility index (Phi) is 5.82. The molecule has 0 aliphatic heterocycles. The molecule has 0 amide bonds. The monoisotopic (exact) mass is 406 g/mol. The molecule has 25 heavy (non-hydrogen) atoms. The predicted molar refractivity (Wildman–Crippen MR) is 56.3 cm³/mol. The van der Waals surface area contributed by atoms with Gasteiger partial charge in [0.2, 0.25) is 0 Å². The van der Waals surface area contributed by atoms with Gasteiger partial charge in [0.25, 0.3) is 0 Å². The van der Waals surface area contributed by atoms with Crippen molar-refractivity contribution in [3.05, 3.63) is 0 Å². The average molecular weight is 406 g/mol. The number of aliphatic hydroxyl groups is 1. The highest BCUT2D eigenvalue weighted by Crippen LogP contribution is 2.60. The summed E-state index contributed by atoms with van der Waals surface area (Å²) >= 11 is 0. The fraction of sp³-hybridized carbons (Fsp3) is 1.00. The molecular formula is C11H11F13O. The van der Waals surface area contributed by atoms with E-state index in [1.54, 1.807) is 0 Å². The van der Waals surface area contributed by atoms with Crippen LogP contribution in [0, 0.1) is 0 Å². The zero-order chi connectivity index (χ0) is 20.9. The Morgan fingerprint density at radius 2 is 0.840 bits per heavy atom. The lowest BCUT2D eigenvalue weighted by molar-refractivity contribution is -0.440. The van der Waals surface area contributed by atoms with Gasteiger partial charge in [-0.2, -0.15) is 57.1 Å². The van der Waals surface area contributed by atoms with Crippen molar-refractivity contribution >= 4 is 0 Å². The fourth-order valence-electron chi connectivity index (χ4n) is 1.42. The van der Waals surface area contributed by atoms with Crippen molar-refractivity contribution in [3.8, 4) is 0 Å². The minimum Gasteiger partial charge on any atom is -0.390 e. The van der Waals surface area contributed by atoms with Gasteiger partial charge >= 0.3 is 35.8 Å². The molecule has 0 spiro atoms. The highest BCUT2D eigenvalue weighted by Gasteiger charge is 2.90. The van der Waals surface area contributed by atoms with E-state index in [-0.39, 0.29) is 0 Å². The maximum atomic E-state index is 13.2. The van der Waals surface area contributed by atoms with Crippen LogP contribution in [0.25, 0.3) is 0 Å². The molecule has 1 nitrogen and oxygen atoms in total. The summed E-state index contributed by atoms with van der Waals surface area (Å²) in [4.78, 5) is 0. The second kappa shape index (κ2) is 6.05. The number of rotatable bonds is 7. The maximum absolute atomic E-state index is 13.2. The Bertz CT molecular complexity index is 471. The van der Waals surface area contributed by atoms with Crippen molar-refractivity contribution in [2.24, 2.45) is 0 Å². The van der Waals surface area contributed by atoms with Crippen LogP contribution in [0.4, 0.5) is 57.1 Å². The van der Waals surface area contributed by atoms with E-state index in [9.17, 15) is 57.1 Å². The topological polar surface area (TPSA) is 20.2 Å². The predicted octanol–water partition coefficient (Wildman–Crippen LogP) is 5.28. The van der Waals surface area contributed by atoms with E-state index in [4.69, 9.17) is 5.11 Å². The molecule has 0 bridgehead atoms. The van der Waals surface area contributed by atoms with E-state index in [0.29, 0.717) is 0 Å². The van der Waals surface area contributed by atoms with Gasteiger partial charge < -0.3 is 5.11 Å². The van der Waals surface area contributed by atoms with Crippen LogP contribution in [-0.4, -0.2) is 46.5 Å². The van der Waals surface area contributed by atoms with Crippen LogP contribution in [0.1, 0.15) is 26.7 Å². The largest absolute Gasteiger partial charge is 0.460 e. The molecular weight excluding hydrogens is 395 g/mol. The van der Waals surface area contributed by atoms with E-state index in [0.717, 1.165) is 13.8 Å². The number of hydrogen-bond acceptors (Lipinski definition) is 1. The van der Waals surface area contributed by atoms with Crippen LogP contribution < -0.4 is 0 Å². The molecule has 1 N–H and O–H groups in total. The minimum atomic E-state index is -7.89. The van der Waals surface area contributed by atoms with Crippen molar-refractivity contribution in [2.45, 2.75) is 68.1 Å². The summed E-state index contributed by atoms with van der Waals surface area (Å²) < 4.78 is 165. The first-order valence-corrected chi connectivity index (χ1v) is 6.14. The zero-order valence-corrected chi connectivity index (χ0v) is 12.3. The van der Waals surface area contributed by atoms with Crippen LogP contribution in [0.5, 0.6) is 0 Å². The van der Waals surface area contributed by atoms with Gasteiger partial charge in [-0.15, -0.1) is 0 Å². The fourth-order valence-corrected chi connectivity index (χ4v) is 1.42. The standard InChI is InChI=1S/C11H11F13O/c1-5(2,25)3-4-6(12,13)7(14,15)8(16,17)9(18,19)10(20,21)11(22,23)24/h25H,3-4H2,1-2H3. The lowest BCUT2D eigenvalue weighted by Gasteiger charge is -2.40. The Hall–Kier alpha value is -0.950. The van der Waals surface area contributed by atoms with E-state index < -0.39 is 54.2 Å². The van der Waals surface area contributed by atoms with Gasteiger partial charge in [-0.05, 0) is 20.3 Å². The summed E-state index contributed by atoms with van der Waals surface area (Å²) in [6.45, 7) is 1.48. The van der Waals surface area contributed by atoms with E-state index in [2.05, 4.69) is 0 Å². The average Bonchev–Trinajstić information content (AvgIpc) is 2.33. The Labute approximate surface area is 131 Å². The third kappa shape index (κ3) is 3.92.